The van der Waals surface area contributed by atoms with Crippen molar-refractivity contribution in [3.05, 3.63) is 22.2 Å². The number of hydrogen-bond donors (Lipinski definition) is 1. The van der Waals surface area contributed by atoms with Crippen molar-refractivity contribution in [1.82, 2.24) is 0 Å². The van der Waals surface area contributed by atoms with E-state index in [1.807, 2.05) is 0 Å². The Morgan fingerprint density at radius 2 is 2.20 bits per heavy atom. The number of aliphatic hydroxyl groups is 1. The number of hydrogen-bond acceptors (Lipinski definition) is 1. The molecule has 0 spiro atoms. The van der Waals surface area contributed by atoms with Gasteiger partial charge in [-0.25, -0.2) is 0 Å². The Morgan fingerprint density at radius 1 is 1.50 bits per heavy atom. The smallest absolute Gasteiger partial charge is 0.0474 e. The topological polar surface area (TPSA) is 20.2 Å². The molecule has 0 aliphatic heterocycles. The quantitative estimate of drug-likeness (QED) is 0.693. The van der Waals surface area contributed by atoms with Crippen molar-refractivity contribution in [2.75, 3.05) is 6.61 Å². The third kappa shape index (κ3) is 1.42. The Bertz CT molecular complexity index is 215. The van der Waals surface area contributed by atoms with Crippen LogP contribution in [-0.4, -0.2) is 11.7 Å². The standard InChI is InChI=1S/C8H13OP/c1-6-5-10-8(3-4-9)7(6)2/h5,9-10H,3-4H2,1-2H3. The molecule has 0 bridgehead atoms. The van der Waals surface area contributed by atoms with E-state index in [4.69, 9.17) is 5.11 Å². The molecular weight excluding hydrogens is 143 g/mol. The molecule has 1 rings (SSSR count). The molecule has 0 aliphatic rings. The predicted molar refractivity (Wildman–Crippen MR) is 46.2 cm³/mol. The van der Waals surface area contributed by atoms with E-state index in [-0.39, 0.29) is 0 Å². The lowest BCUT2D eigenvalue weighted by Crippen LogP contribution is -1.88. The average Bonchev–Trinajstić information content (AvgIpc) is 2.20. The summed E-state index contributed by atoms with van der Waals surface area (Å²) in [5.74, 6) is 2.25. The second kappa shape index (κ2) is 3.23. The third-order valence-corrected chi connectivity index (χ3v) is 3.42. The summed E-state index contributed by atoms with van der Waals surface area (Å²) in [4.78, 5) is 0. The first-order valence-electron chi connectivity index (χ1n) is 3.50. The van der Waals surface area contributed by atoms with Crippen LogP contribution in [0.5, 0.6) is 0 Å². The summed E-state index contributed by atoms with van der Waals surface area (Å²) in [6, 6.07) is 0. The molecule has 56 valence electrons. The van der Waals surface area contributed by atoms with Gasteiger partial charge in [-0.1, -0.05) is 0 Å². The first-order valence-corrected chi connectivity index (χ1v) is 4.57. The predicted octanol–water partition coefficient (Wildman–Crippen LogP) is 1.87. The van der Waals surface area contributed by atoms with Gasteiger partial charge >= 0.3 is 0 Å². The van der Waals surface area contributed by atoms with Crippen LogP contribution in [0.1, 0.15) is 16.4 Å². The van der Waals surface area contributed by atoms with Crippen LogP contribution >= 0.6 is 8.19 Å². The minimum absolute atomic E-state index is 0.292. The molecule has 1 heterocycles. The van der Waals surface area contributed by atoms with Crippen molar-refractivity contribution >= 4 is 8.19 Å². The molecule has 0 radical (unpaired) electrons. The normalized spacial score (nSPS) is 11.1. The molecule has 0 saturated carbocycles. The fourth-order valence-corrected chi connectivity index (χ4v) is 2.30. The summed E-state index contributed by atoms with van der Waals surface area (Å²) in [6.45, 7) is 4.56. The SMILES string of the molecule is Cc1c[pH]c(CCO)c1C. The van der Waals surface area contributed by atoms with E-state index in [1.54, 1.807) is 0 Å². The second-order valence-corrected chi connectivity index (χ2v) is 3.73. The van der Waals surface area contributed by atoms with Crippen molar-refractivity contribution < 1.29 is 5.11 Å². The first-order chi connectivity index (χ1) is 4.75. The monoisotopic (exact) mass is 156 g/mol. The third-order valence-electron chi connectivity index (χ3n) is 1.87. The Morgan fingerprint density at radius 3 is 2.60 bits per heavy atom. The molecule has 0 aliphatic carbocycles. The van der Waals surface area contributed by atoms with Crippen LogP contribution in [0, 0.1) is 13.8 Å². The summed E-state index contributed by atoms with van der Waals surface area (Å²) in [5, 5.41) is 10.1. The van der Waals surface area contributed by atoms with Gasteiger partial charge in [0.2, 0.25) is 0 Å². The minimum atomic E-state index is 0.292. The van der Waals surface area contributed by atoms with Crippen LogP contribution in [0.15, 0.2) is 5.80 Å². The zero-order valence-electron chi connectivity index (χ0n) is 6.44. The molecule has 2 heteroatoms. The van der Waals surface area contributed by atoms with E-state index >= 15 is 0 Å². The zero-order chi connectivity index (χ0) is 7.56. The minimum Gasteiger partial charge on any atom is -0.396 e. The highest BCUT2D eigenvalue weighted by Crippen LogP contribution is 2.25. The maximum absolute atomic E-state index is 8.68. The van der Waals surface area contributed by atoms with Gasteiger partial charge in [-0.2, -0.15) is 0 Å². The van der Waals surface area contributed by atoms with Gasteiger partial charge in [0.15, 0.2) is 0 Å². The van der Waals surface area contributed by atoms with Crippen molar-refractivity contribution in [3.63, 3.8) is 0 Å². The molecule has 1 N–H and O–H groups in total. The molecular formula is C8H13OP. The molecule has 1 aromatic heterocycles. The van der Waals surface area contributed by atoms with Crippen LogP contribution in [-0.2, 0) is 6.42 Å². The average molecular weight is 156 g/mol. The largest absolute Gasteiger partial charge is 0.396 e. The van der Waals surface area contributed by atoms with Crippen molar-refractivity contribution in [2.45, 2.75) is 20.3 Å². The summed E-state index contributed by atoms with van der Waals surface area (Å²) in [5.41, 5.74) is 2.79. The Hall–Kier alpha value is -0.260. The molecule has 1 atom stereocenters. The van der Waals surface area contributed by atoms with Crippen molar-refractivity contribution in [3.8, 4) is 0 Å². The van der Waals surface area contributed by atoms with Gasteiger partial charge in [0.25, 0.3) is 0 Å². The number of aryl methyl sites for hydroxylation is 1. The lowest BCUT2D eigenvalue weighted by molar-refractivity contribution is 0.300. The summed E-state index contributed by atoms with van der Waals surface area (Å²) < 4.78 is 0. The van der Waals surface area contributed by atoms with Crippen LogP contribution in [0.25, 0.3) is 0 Å². The fraction of sp³-hybridized carbons (Fsp3) is 0.500. The highest BCUT2D eigenvalue weighted by molar-refractivity contribution is 7.30. The maximum atomic E-state index is 8.68. The summed E-state index contributed by atoms with van der Waals surface area (Å²) >= 11 is 0. The van der Waals surface area contributed by atoms with Gasteiger partial charge in [-0.3, -0.25) is 0 Å². The van der Waals surface area contributed by atoms with Crippen LogP contribution in [0.4, 0.5) is 0 Å². The van der Waals surface area contributed by atoms with E-state index in [0.717, 1.165) is 14.6 Å². The van der Waals surface area contributed by atoms with Gasteiger partial charge < -0.3 is 5.11 Å². The van der Waals surface area contributed by atoms with E-state index in [1.165, 1.54) is 16.4 Å². The van der Waals surface area contributed by atoms with Crippen molar-refractivity contribution in [2.24, 2.45) is 0 Å². The van der Waals surface area contributed by atoms with Gasteiger partial charge in [-0.15, -0.1) is 8.19 Å². The zero-order valence-corrected chi connectivity index (χ0v) is 7.44. The Labute approximate surface area is 63.2 Å². The Kier molecular flexibility index (Phi) is 2.53. The van der Waals surface area contributed by atoms with Crippen LogP contribution < -0.4 is 0 Å². The number of aliphatic hydroxyl groups excluding tert-OH is 1. The number of rotatable bonds is 2. The van der Waals surface area contributed by atoms with Crippen LogP contribution in [0.2, 0.25) is 0 Å². The molecule has 10 heavy (non-hydrogen) atoms. The lowest BCUT2D eigenvalue weighted by atomic mass is 10.2. The van der Waals surface area contributed by atoms with Crippen LogP contribution in [0.3, 0.4) is 0 Å². The van der Waals surface area contributed by atoms with Gasteiger partial charge in [0.1, 0.15) is 0 Å². The summed E-state index contributed by atoms with van der Waals surface area (Å²) in [7, 11) is 0.825. The molecule has 0 fully saturated rings. The van der Waals surface area contributed by atoms with Gasteiger partial charge in [0.05, 0.1) is 0 Å². The molecule has 1 aromatic rings. The second-order valence-electron chi connectivity index (χ2n) is 2.55. The van der Waals surface area contributed by atoms with Gasteiger partial charge in [-0.05, 0) is 42.5 Å². The molecule has 0 aromatic carbocycles. The van der Waals surface area contributed by atoms with Gasteiger partial charge in [0, 0.05) is 6.61 Å². The van der Waals surface area contributed by atoms with E-state index < -0.39 is 0 Å². The highest BCUT2D eigenvalue weighted by Gasteiger charge is 2.00. The highest BCUT2D eigenvalue weighted by atomic mass is 31.0. The molecule has 1 unspecified atom stereocenters. The molecule has 0 amide bonds. The molecule has 0 saturated heterocycles. The van der Waals surface area contributed by atoms with E-state index in [2.05, 4.69) is 19.6 Å². The lowest BCUT2D eigenvalue weighted by Gasteiger charge is -1.95. The first kappa shape index (κ1) is 7.84. The molecule has 1 nitrogen and oxygen atoms in total. The van der Waals surface area contributed by atoms with E-state index in [9.17, 15) is 0 Å². The van der Waals surface area contributed by atoms with E-state index in [0.29, 0.717) is 6.61 Å². The maximum Gasteiger partial charge on any atom is 0.0474 e. The summed E-state index contributed by atoms with van der Waals surface area (Å²) in [6.07, 6.45) is 0.859. The Balaban J connectivity index is 2.83. The fourth-order valence-electron chi connectivity index (χ4n) is 1.02. The van der Waals surface area contributed by atoms with Crippen molar-refractivity contribution in [1.29, 1.82) is 0 Å².